The molecule has 0 radical (unpaired) electrons. The van der Waals surface area contributed by atoms with Crippen molar-refractivity contribution in [1.29, 1.82) is 0 Å². The second kappa shape index (κ2) is 8.19. The summed E-state index contributed by atoms with van der Waals surface area (Å²) >= 11 is 0. The Kier molecular flexibility index (Phi) is 6.47. The average molecular weight is 387 g/mol. The lowest BCUT2D eigenvalue weighted by Gasteiger charge is -2.20. The van der Waals surface area contributed by atoms with Crippen LogP contribution in [0, 0.1) is 0 Å². The van der Waals surface area contributed by atoms with Crippen LogP contribution in [0.5, 0.6) is 0 Å². The number of fused-ring (bicyclic) bond motifs is 1. The van der Waals surface area contributed by atoms with Crippen molar-refractivity contribution in [2.45, 2.75) is 11.3 Å². The molecule has 0 amide bonds. The summed E-state index contributed by atoms with van der Waals surface area (Å²) in [6.07, 6.45) is 4.88. The van der Waals surface area contributed by atoms with Gasteiger partial charge in [-0.15, -0.1) is 0 Å². The van der Waals surface area contributed by atoms with Crippen LogP contribution in [0.1, 0.15) is 6.42 Å². The molecular weight excluding hydrogens is 366 g/mol. The van der Waals surface area contributed by atoms with Crippen molar-refractivity contribution in [1.82, 2.24) is 14.6 Å². The number of pyridine rings is 1. The van der Waals surface area contributed by atoms with E-state index in [1.54, 1.807) is 34.9 Å². The van der Waals surface area contributed by atoms with Crippen LogP contribution in [0.25, 0.3) is 10.8 Å². The van der Waals surface area contributed by atoms with E-state index in [1.807, 2.05) is 6.07 Å². The highest BCUT2D eigenvalue weighted by Gasteiger charge is 2.26. The number of aromatic nitrogens is 1. The fourth-order valence-electron chi connectivity index (χ4n) is 2.52. The molecular formula is C15H21N3O5S2. The molecule has 0 aliphatic carbocycles. The van der Waals surface area contributed by atoms with Crippen molar-refractivity contribution in [2.75, 3.05) is 32.4 Å². The smallest absolute Gasteiger partial charge is 0.261 e. The summed E-state index contributed by atoms with van der Waals surface area (Å²) in [4.78, 5) is 4.42. The first kappa shape index (κ1) is 19.7. The van der Waals surface area contributed by atoms with Crippen LogP contribution >= 0.6 is 0 Å². The lowest BCUT2D eigenvalue weighted by atomic mass is 10.2. The van der Waals surface area contributed by atoms with Gasteiger partial charge in [-0.2, -0.15) is 12.7 Å². The van der Waals surface area contributed by atoms with Gasteiger partial charge in [0.25, 0.3) is 10.1 Å². The minimum atomic E-state index is -3.67. The molecule has 1 saturated heterocycles. The van der Waals surface area contributed by atoms with Gasteiger partial charge < -0.3 is 5.32 Å². The topological polar surface area (TPSA) is 117 Å². The van der Waals surface area contributed by atoms with Crippen LogP contribution in [0.4, 0.5) is 0 Å². The number of hydrogen-bond donors (Lipinski definition) is 2. The maximum absolute atomic E-state index is 12.8. The molecule has 3 rings (SSSR count). The fourth-order valence-corrected chi connectivity index (χ4v) is 4.21. The SMILES string of the molecule is CS(=O)(=O)O.O=S(=O)(c1cccc2cnccc12)N1CCCNCC1. The largest absolute Gasteiger partial charge is 0.315 e. The molecule has 0 atom stereocenters. The number of hydrogen-bond acceptors (Lipinski definition) is 6. The highest BCUT2D eigenvalue weighted by Crippen LogP contribution is 2.25. The zero-order chi connectivity index (χ0) is 18.5. The van der Waals surface area contributed by atoms with Gasteiger partial charge in [0.15, 0.2) is 0 Å². The van der Waals surface area contributed by atoms with E-state index < -0.39 is 20.1 Å². The van der Waals surface area contributed by atoms with Crippen molar-refractivity contribution < 1.29 is 21.4 Å². The van der Waals surface area contributed by atoms with Crippen molar-refractivity contribution in [2.24, 2.45) is 0 Å². The molecule has 1 fully saturated rings. The molecule has 2 heterocycles. The molecule has 2 N–H and O–H groups in total. The third-order valence-corrected chi connectivity index (χ3v) is 5.51. The number of sulfonamides is 1. The van der Waals surface area contributed by atoms with Gasteiger partial charge in [0.05, 0.1) is 11.2 Å². The van der Waals surface area contributed by atoms with E-state index >= 15 is 0 Å². The molecule has 1 aromatic heterocycles. The van der Waals surface area contributed by atoms with Crippen molar-refractivity contribution >= 4 is 30.9 Å². The van der Waals surface area contributed by atoms with Crippen molar-refractivity contribution in [3.63, 3.8) is 0 Å². The van der Waals surface area contributed by atoms with E-state index in [0.717, 1.165) is 23.7 Å². The van der Waals surface area contributed by atoms with Crippen LogP contribution in [0.3, 0.4) is 0 Å². The van der Waals surface area contributed by atoms with E-state index in [1.165, 1.54) is 0 Å². The van der Waals surface area contributed by atoms with E-state index in [-0.39, 0.29) is 0 Å². The number of nitrogens with zero attached hydrogens (tertiary/aromatic N) is 2. The first-order valence-corrected chi connectivity index (χ1v) is 10.9. The predicted octanol–water partition coefficient (Wildman–Crippen LogP) is 0.723. The van der Waals surface area contributed by atoms with Gasteiger partial charge in [0, 0.05) is 42.8 Å². The third kappa shape index (κ3) is 5.72. The molecule has 8 nitrogen and oxygen atoms in total. The van der Waals surface area contributed by atoms with Gasteiger partial charge in [-0.05, 0) is 25.1 Å². The van der Waals surface area contributed by atoms with Crippen LogP contribution in [-0.4, -0.2) is 63.1 Å². The zero-order valence-corrected chi connectivity index (χ0v) is 15.4. The highest BCUT2D eigenvalue weighted by molar-refractivity contribution is 7.89. The first-order chi connectivity index (χ1) is 11.7. The Morgan fingerprint density at radius 1 is 1.12 bits per heavy atom. The van der Waals surface area contributed by atoms with E-state index in [4.69, 9.17) is 4.55 Å². The first-order valence-electron chi connectivity index (χ1n) is 7.65. The zero-order valence-electron chi connectivity index (χ0n) is 13.8. The predicted molar refractivity (Wildman–Crippen MR) is 95.5 cm³/mol. The number of nitrogens with one attached hydrogen (secondary N) is 1. The average Bonchev–Trinajstić information content (AvgIpc) is 2.82. The second-order valence-corrected chi connectivity index (χ2v) is 8.97. The Morgan fingerprint density at radius 3 is 2.56 bits per heavy atom. The van der Waals surface area contributed by atoms with Gasteiger partial charge in [-0.25, -0.2) is 8.42 Å². The van der Waals surface area contributed by atoms with E-state index in [0.29, 0.717) is 30.8 Å². The Labute approximate surface area is 147 Å². The molecule has 1 aromatic carbocycles. The Hall–Kier alpha value is -1.59. The van der Waals surface area contributed by atoms with Gasteiger partial charge >= 0.3 is 0 Å². The van der Waals surface area contributed by atoms with Crippen LogP contribution in [0.15, 0.2) is 41.6 Å². The summed E-state index contributed by atoms with van der Waals surface area (Å²) in [5, 5.41) is 4.81. The molecule has 2 aromatic rings. The van der Waals surface area contributed by atoms with Gasteiger partial charge in [0.1, 0.15) is 0 Å². The lowest BCUT2D eigenvalue weighted by Crippen LogP contribution is -2.34. The summed E-state index contributed by atoms with van der Waals surface area (Å²) in [6, 6.07) is 7.09. The van der Waals surface area contributed by atoms with Gasteiger partial charge in [-0.3, -0.25) is 9.54 Å². The molecule has 138 valence electrons. The van der Waals surface area contributed by atoms with Crippen LogP contribution < -0.4 is 5.32 Å². The summed E-state index contributed by atoms with van der Waals surface area (Å²) < 4.78 is 53.1. The summed E-state index contributed by atoms with van der Waals surface area (Å²) in [6.45, 7) is 2.65. The maximum Gasteiger partial charge on any atom is 0.261 e. The normalized spacial score (nSPS) is 16.7. The quantitative estimate of drug-likeness (QED) is 0.729. The minimum Gasteiger partial charge on any atom is -0.315 e. The van der Waals surface area contributed by atoms with E-state index in [9.17, 15) is 16.8 Å². The minimum absolute atomic E-state index is 0.374. The monoisotopic (exact) mass is 387 g/mol. The number of benzene rings is 1. The third-order valence-electron chi connectivity index (χ3n) is 3.56. The lowest BCUT2D eigenvalue weighted by molar-refractivity contribution is 0.432. The van der Waals surface area contributed by atoms with E-state index in [2.05, 4.69) is 10.3 Å². The molecule has 10 heteroatoms. The standard InChI is InChI=1S/C14H17N3O2S.CH4O3S/c18-20(19,17-9-2-6-15-8-10-17)14-4-1-3-12-11-16-7-5-13(12)14;1-5(2,3)4/h1,3-5,7,11,15H,2,6,8-10H2;1H3,(H,2,3,4). The molecule has 0 bridgehead atoms. The van der Waals surface area contributed by atoms with Crippen molar-refractivity contribution in [3.8, 4) is 0 Å². The summed E-state index contributed by atoms with van der Waals surface area (Å²) in [5.74, 6) is 0. The Balaban J connectivity index is 0.000000399. The fraction of sp³-hybridized carbons (Fsp3) is 0.400. The van der Waals surface area contributed by atoms with Crippen LogP contribution in [-0.2, 0) is 20.1 Å². The number of rotatable bonds is 2. The summed E-state index contributed by atoms with van der Waals surface area (Å²) in [7, 11) is -7.11. The van der Waals surface area contributed by atoms with Gasteiger partial charge in [-0.1, -0.05) is 12.1 Å². The van der Waals surface area contributed by atoms with Gasteiger partial charge in [0.2, 0.25) is 10.0 Å². The van der Waals surface area contributed by atoms with Crippen LogP contribution in [0.2, 0.25) is 0 Å². The Morgan fingerprint density at radius 2 is 1.84 bits per heavy atom. The van der Waals surface area contributed by atoms with Crippen molar-refractivity contribution in [3.05, 3.63) is 36.7 Å². The molecule has 1 aliphatic heterocycles. The summed E-state index contributed by atoms with van der Waals surface area (Å²) in [5.41, 5.74) is 0. The molecule has 1 aliphatic rings. The maximum atomic E-state index is 12.8. The molecule has 0 spiro atoms. The Bertz CT molecular complexity index is 908. The molecule has 25 heavy (non-hydrogen) atoms. The molecule has 0 saturated carbocycles. The highest BCUT2D eigenvalue weighted by atomic mass is 32.2. The molecule has 0 unspecified atom stereocenters. The second-order valence-electron chi connectivity index (χ2n) is 5.59.